The van der Waals surface area contributed by atoms with Crippen molar-refractivity contribution in [2.45, 2.75) is 6.92 Å². The van der Waals surface area contributed by atoms with Crippen LogP contribution in [0.3, 0.4) is 0 Å². The second-order valence-corrected chi connectivity index (χ2v) is 4.15. The van der Waals surface area contributed by atoms with E-state index in [-0.39, 0.29) is 0 Å². The lowest BCUT2D eigenvalue weighted by molar-refractivity contribution is -0.134. The Labute approximate surface area is 114 Å². The zero-order valence-electron chi connectivity index (χ0n) is 11.0. The van der Waals surface area contributed by atoms with Crippen molar-refractivity contribution < 1.29 is 19.0 Å². The van der Waals surface area contributed by atoms with Crippen LogP contribution in [-0.4, -0.2) is 27.7 Å². The zero-order valence-corrected chi connectivity index (χ0v) is 11.0. The number of carbonyl (C=O) groups is 1. The van der Waals surface area contributed by atoms with E-state index in [2.05, 4.69) is 4.98 Å². The van der Waals surface area contributed by atoms with Crippen molar-refractivity contribution in [1.29, 1.82) is 0 Å². The zero-order chi connectivity index (χ0) is 14.7. The first-order valence-corrected chi connectivity index (χ1v) is 5.80. The molecule has 1 N–H and O–H groups in total. The van der Waals surface area contributed by atoms with Gasteiger partial charge in [0.05, 0.1) is 24.8 Å². The maximum Gasteiger partial charge on any atom is 0.364 e. The quantitative estimate of drug-likeness (QED) is 0.872. The molecular formula is C14H13FN2O3. The molecule has 0 aliphatic heterocycles. The third-order valence-electron chi connectivity index (χ3n) is 2.69. The lowest BCUT2D eigenvalue weighted by Gasteiger charge is -2.09. The summed E-state index contributed by atoms with van der Waals surface area (Å²) in [7, 11) is 1.49. The van der Waals surface area contributed by atoms with Crippen LogP contribution >= 0.6 is 0 Å². The molecule has 2 rings (SSSR count). The second kappa shape index (κ2) is 5.56. The molecule has 1 aromatic carbocycles. The van der Waals surface area contributed by atoms with E-state index < -0.39 is 11.8 Å². The van der Waals surface area contributed by atoms with Gasteiger partial charge in [0, 0.05) is 6.20 Å². The van der Waals surface area contributed by atoms with E-state index in [0.717, 1.165) is 17.5 Å². The molecule has 0 radical (unpaired) electrons. The summed E-state index contributed by atoms with van der Waals surface area (Å²) >= 11 is 0. The molecule has 6 heteroatoms. The first-order valence-electron chi connectivity index (χ1n) is 5.80. The van der Waals surface area contributed by atoms with Crippen molar-refractivity contribution in [2.75, 3.05) is 7.11 Å². The Kier molecular flexibility index (Phi) is 3.84. The first-order chi connectivity index (χ1) is 9.51. The Morgan fingerprint density at radius 2 is 2.25 bits per heavy atom. The van der Waals surface area contributed by atoms with Crippen LogP contribution in [0.4, 0.5) is 4.39 Å². The number of rotatable bonds is 4. The van der Waals surface area contributed by atoms with Gasteiger partial charge < -0.3 is 14.4 Å². The minimum atomic E-state index is -1.60. The Balaban J connectivity index is 2.43. The molecule has 0 unspecified atom stereocenters. The summed E-state index contributed by atoms with van der Waals surface area (Å²) in [6, 6.07) is 4.88. The van der Waals surface area contributed by atoms with Gasteiger partial charge >= 0.3 is 5.97 Å². The highest BCUT2D eigenvalue weighted by molar-refractivity contribution is 5.89. The third kappa shape index (κ3) is 2.85. The van der Waals surface area contributed by atoms with E-state index in [1.807, 2.05) is 13.1 Å². The number of methoxy groups -OCH3 is 1. The SMILES string of the molecule is COc1cc(/C=C(/F)C(=O)O)ccc1-n1cnc(C)c1. The fraction of sp³-hybridized carbons (Fsp3) is 0.143. The van der Waals surface area contributed by atoms with Gasteiger partial charge in [-0.2, -0.15) is 4.39 Å². The van der Waals surface area contributed by atoms with Crippen LogP contribution in [0, 0.1) is 6.92 Å². The molecule has 1 aromatic heterocycles. The van der Waals surface area contributed by atoms with E-state index in [1.54, 1.807) is 29.1 Å². The van der Waals surface area contributed by atoms with Crippen molar-refractivity contribution in [1.82, 2.24) is 9.55 Å². The highest BCUT2D eigenvalue weighted by atomic mass is 19.1. The van der Waals surface area contributed by atoms with Crippen LogP contribution in [0.15, 0.2) is 36.6 Å². The standard InChI is InChI=1S/C14H13FN2O3/c1-9-7-17(8-16-9)12-4-3-10(6-13(12)20-2)5-11(15)14(18)19/h3-8H,1-2H3,(H,18,19)/b11-5+. The summed E-state index contributed by atoms with van der Waals surface area (Å²) in [4.78, 5) is 14.6. The summed E-state index contributed by atoms with van der Waals surface area (Å²) in [5.41, 5.74) is 2.00. The molecule has 2 aromatic rings. The van der Waals surface area contributed by atoms with Crippen LogP contribution in [0.5, 0.6) is 5.75 Å². The van der Waals surface area contributed by atoms with E-state index >= 15 is 0 Å². The second-order valence-electron chi connectivity index (χ2n) is 4.15. The van der Waals surface area contributed by atoms with Gasteiger partial charge in [-0.3, -0.25) is 0 Å². The van der Waals surface area contributed by atoms with E-state index in [0.29, 0.717) is 11.3 Å². The number of carboxylic acid groups (broad SMARTS) is 1. The summed E-state index contributed by atoms with van der Waals surface area (Å²) in [6.45, 7) is 1.86. The van der Waals surface area contributed by atoms with Crippen LogP contribution in [0.25, 0.3) is 11.8 Å². The van der Waals surface area contributed by atoms with Crippen LogP contribution in [-0.2, 0) is 4.79 Å². The number of benzene rings is 1. The van der Waals surface area contributed by atoms with Gasteiger partial charge in [-0.25, -0.2) is 9.78 Å². The molecule has 20 heavy (non-hydrogen) atoms. The Bertz CT molecular complexity index is 677. The third-order valence-corrected chi connectivity index (χ3v) is 2.69. The lowest BCUT2D eigenvalue weighted by atomic mass is 10.1. The number of aliphatic carboxylic acids is 1. The predicted octanol–water partition coefficient (Wildman–Crippen LogP) is 2.58. The van der Waals surface area contributed by atoms with Crippen molar-refractivity contribution >= 4 is 12.0 Å². The number of carboxylic acids is 1. The highest BCUT2D eigenvalue weighted by Crippen LogP contribution is 2.25. The molecule has 1 heterocycles. The normalized spacial score (nSPS) is 11.4. The summed E-state index contributed by atoms with van der Waals surface area (Å²) in [5.74, 6) is -2.33. The van der Waals surface area contributed by atoms with Gasteiger partial charge in [-0.05, 0) is 30.7 Å². The molecule has 0 aliphatic carbocycles. The highest BCUT2D eigenvalue weighted by Gasteiger charge is 2.09. The maximum atomic E-state index is 13.1. The average molecular weight is 276 g/mol. The molecule has 0 aliphatic rings. The number of imidazole rings is 1. The minimum Gasteiger partial charge on any atom is -0.495 e. The molecule has 0 amide bonds. The summed E-state index contributed by atoms with van der Waals surface area (Å²) < 4.78 is 20.1. The molecular weight excluding hydrogens is 263 g/mol. The monoisotopic (exact) mass is 276 g/mol. The first kappa shape index (κ1) is 13.8. The molecule has 104 valence electrons. The Morgan fingerprint density at radius 3 is 2.80 bits per heavy atom. The topological polar surface area (TPSA) is 64.3 Å². The molecule has 0 saturated heterocycles. The van der Waals surface area contributed by atoms with E-state index in [4.69, 9.17) is 9.84 Å². The molecule has 5 nitrogen and oxygen atoms in total. The van der Waals surface area contributed by atoms with Crippen molar-refractivity contribution in [3.8, 4) is 11.4 Å². The van der Waals surface area contributed by atoms with Gasteiger partial charge in [0.2, 0.25) is 5.83 Å². The number of aryl methyl sites for hydroxylation is 1. The van der Waals surface area contributed by atoms with Crippen LogP contribution in [0.2, 0.25) is 0 Å². The number of ether oxygens (including phenoxy) is 1. The van der Waals surface area contributed by atoms with Crippen molar-refractivity contribution in [3.63, 3.8) is 0 Å². The van der Waals surface area contributed by atoms with E-state index in [9.17, 15) is 9.18 Å². The van der Waals surface area contributed by atoms with Gasteiger partial charge in [0.1, 0.15) is 5.75 Å². The van der Waals surface area contributed by atoms with Gasteiger partial charge in [0.25, 0.3) is 0 Å². The lowest BCUT2D eigenvalue weighted by Crippen LogP contribution is -1.97. The average Bonchev–Trinajstić information content (AvgIpc) is 2.84. The number of halogens is 1. The number of hydrogen-bond donors (Lipinski definition) is 1. The number of aromatic nitrogens is 2. The maximum absolute atomic E-state index is 13.1. The van der Waals surface area contributed by atoms with Crippen molar-refractivity contribution in [3.05, 3.63) is 47.8 Å². The summed E-state index contributed by atoms with van der Waals surface area (Å²) in [6.07, 6.45) is 4.40. The Morgan fingerprint density at radius 1 is 1.50 bits per heavy atom. The van der Waals surface area contributed by atoms with Crippen molar-refractivity contribution in [2.24, 2.45) is 0 Å². The minimum absolute atomic E-state index is 0.405. The predicted molar refractivity (Wildman–Crippen MR) is 71.6 cm³/mol. The smallest absolute Gasteiger partial charge is 0.364 e. The fourth-order valence-corrected chi connectivity index (χ4v) is 1.76. The van der Waals surface area contributed by atoms with Gasteiger partial charge in [0.15, 0.2) is 0 Å². The molecule has 0 spiro atoms. The molecule has 0 fully saturated rings. The fourth-order valence-electron chi connectivity index (χ4n) is 1.76. The van der Waals surface area contributed by atoms with Crippen LogP contribution in [0.1, 0.15) is 11.3 Å². The molecule has 0 bridgehead atoms. The summed E-state index contributed by atoms with van der Waals surface area (Å²) in [5, 5.41) is 8.52. The molecule has 0 atom stereocenters. The number of hydrogen-bond acceptors (Lipinski definition) is 3. The van der Waals surface area contributed by atoms with Crippen LogP contribution < -0.4 is 4.74 Å². The Hall–Kier alpha value is -2.63. The molecule has 0 saturated carbocycles. The van der Waals surface area contributed by atoms with Gasteiger partial charge in [-0.1, -0.05) is 6.07 Å². The largest absolute Gasteiger partial charge is 0.495 e. The van der Waals surface area contributed by atoms with E-state index in [1.165, 1.54) is 7.11 Å². The van der Waals surface area contributed by atoms with Gasteiger partial charge in [-0.15, -0.1) is 0 Å². The number of nitrogens with zero attached hydrogens (tertiary/aromatic N) is 2.